The first kappa shape index (κ1) is 17.2. The average Bonchev–Trinajstić information content (AvgIpc) is 3.19. The summed E-state index contributed by atoms with van der Waals surface area (Å²) in [4.78, 5) is 39.6. The molecule has 7 nitrogen and oxygen atoms in total. The van der Waals surface area contributed by atoms with E-state index in [9.17, 15) is 9.59 Å². The number of piperidine rings is 1. The number of hydrogen-bond acceptors (Lipinski definition) is 5. The van der Waals surface area contributed by atoms with Crippen molar-refractivity contribution in [3.05, 3.63) is 17.5 Å². The highest BCUT2D eigenvalue weighted by Gasteiger charge is 2.45. The van der Waals surface area contributed by atoms with E-state index >= 15 is 0 Å². The van der Waals surface area contributed by atoms with Crippen LogP contribution in [-0.4, -0.2) is 71.9 Å². The lowest BCUT2D eigenvalue weighted by molar-refractivity contribution is -0.139. The second-order valence-electron chi connectivity index (χ2n) is 8.06. The quantitative estimate of drug-likeness (QED) is 0.806. The lowest BCUT2D eigenvalue weighted by Gasteiger charge is -2.41. The first-order valence-corrected chi connectivity index (χ1v) is 9.58. The van der Waals surface area contributed by atoms with Gasteiger partial charge in [0.15, 0.2) is 0 Å². The molecule has 1 aliphatic carbocycles. The molecule has 2 amide bonds. The van der Waals surface area contributed by atoms with Gasteiger partial charge in [-0.15, -0.1) is 0 Å². The zero-order valence-corrected chi connectivity index (χ0v) is 15.7. The standard InChI is InChI=1S/C19H27N5O2/c1-22(2)18-20-11-14-6-8-19(17(14)21-18)7-4-10-24(13-19)16(26)12-23-9-3-5-15(23)25/h11H,3-10,12-13H2,1-2H3. The smallest absolute Gasteiger partial charge is 0.242 e. The maximum absolute atomic E-state index is 12.8. The highest BCUT2D eigenvalue weighted by atomic mass is 16.2. The van der Waals surface area contributed by atoms with E-state index in [2.05, 4.69) is 4.98 Å². The minimum atomic E-state index is -0.0496. The lowest BCUT2D eigenvalue weighted by atomic mass is 9.77. The van der Waals surface area contributed by atoms with Crippen LogP contribution in [0.15, 0.2) is 6.20 Å². The molecule has 140 valence electrons. The SMILES string of the molecule is CN(C)c1ncc2c(n1)C1(CCCN(C(=O)CN3CCCC3=O)C1)CC2. The number of carbonyl (C=O) groups excluding carboxylic acids is 2. The summed E-state index contributed by atoms with van der Waals surface area (Å²) in [6.07, 6.45) is 7.46. The maximum Gasteiger partial charge on any atom is 0.242 e. The fourth-order valence-corrected chi connectivity index (χ4v) is 4.62. The van der Waals surface area contributed by atoms with Gasteiger partial charge in [0.05, 0.1) is 12.2 Å². The monoisotopic (exact) mass is 357 g/mol. The van der Waals surface area contributed by atoms with Gasteiger partial charge in [0.2, 0.25) is 17.8 Å². The molecule has 1 unspecified atom stereocenters. The minimum Gasteiger partial charge on any atom is -0.347 e. The molecule has 3 aliphatic rings. The van der Waals surface area contributed by atoms with Crippen LogP contribution in [0.2, 0.25) is 0 Å². The number of aryl methyl sites for hydroxylation is 1. The number of hydrogen-bond donors (Lipinski definition) is 0. The van der Waals surface area contributed by atoms with Crippen molar-refractivity contribution in [3.63, 3.8) is 0 Å². The van der Waals surface area contributed by atoms with Crippen LogP contribution < -0.4 is 4.90 Å². The van der Waals surface area contributed by atoms with Crippen LogP contribution in [0.3, 0.4) is 0 Å². The number of amides is 2. The predicted octanol–water partition coefficient (Wildman–Crippen LogP) is 0.971. The van der Waals surface area contributed by atoms with Gasteiger partial charge in [-0.1, -0.05) is 0 Å². The van der Waals surface area contributed by atoms with E-state index in [0.717, 1.165) is 50.3 Å². The number of carbonyl (C=O) groups is 2. The first-order chi connectivity index (χ1) is 12.5. The molecule has 4 rings (SSSR count). The summed E-state index contributed by atoms with van der Waals surface area (Å²) in [7, 11) is 3.90. The Balaban J connectivity index is 1.53. The highest BCUT2D eigenvalue weighted by molar-refractivity contribution is 5.86. The number of nitrogens with zero attached hydrogens (tertiary/aromatic N) is 5. The third-order valence-electron chi connectivity index (χ3n) is 6.05. The molecule has 26 heavy (non-hydrogen) atoms. The number of rotatable bonds is 3. The van der Waals surface area contributed by atoms with Gasteiger partial charge in [0, 0.05) is 51.8 Å². The molecule has 1 aromatic heterocycles. The molecule has 0 aromatic carbocycles. The predicted molar refractivity (Wildman–Crippen MR) is 98.0 cm³/mol. The van der Waals surface area contributed by atoms with E-state index in [0.29, 0.717) is 19.5 Å². The summed E-state index contributed by atoms with van der Waals surface area (Å²) in [6.45, 7) is 2.44. The topological polar surface area (TPSA) is 69.6 Å². The van der Waals surface area contributed by atoms with E-state index in [1.54, 1.807) is 4.90 Å². The summed E-state index contributed by atoms with van der Waals surface area (Å²) in [5, 5.41) is 0. The van der Waals surface area contributed by atoms with Gasteiger partial charge < -0.3 is 14.7 Å². The molecule has 0 saturated carbocycles. The Labute approximate surface area is 154 Å². The molecule has 1 spiro atoms. The average molecular weight is 357 g/mol. The van der Waals surface area contributed by atoms with E-state index in [1.807, 2.05) is 30.1 Å². The van der Waals surface area contributed by atoms with Gasteiger partial charge in [-0.3, -0.25) is 9.59 Å². The molecule has 0 N–H and O–H groups in total. The molecule has 2 saturated heterocycles. The van der Waals surface area contributed by atoms with Gasteiger partial charge >= 0.3 is 0 Å². The molecule has 7 heteroatoms. The Morgan fingerprint density at radius 3 is 2.81 bits per heavy atom. The number of likely N-dealkylation sites (tertiary alicyclic amines) is 2. The Kier molecular flexibility index (Phi) is 4.32. The normalized spacial score (nSPS) is 25.1. The third kappa shape index (κ3) is 2.93. The molecular formula is C19H27N5O2. The van der Waals surface area contributed by atoms with Gasteiger partial charge in [0.1, 0.15) is 0 Å². The van der Waals surface area contributed by atoms with Gasteiger partial charge in [-0.2, -0.15) is 0 Å². The van der Waals surface area contributed by atoms with Crippen LogP contribution in [0.1, 0.15) is 43.4 Å². The van der Waals surface area contributed by atoms with Crippen molar-refractivity contribution in [2.24, 2.45) is 0 Å². The Morgan fingerprint density at radius 2 is 2.08 bits per heavy atom. The Morgan fingerprint density at radius 1 is 1.23 bits per heavy atom. The van der Waals surface area contributed by atoms with E-state index in [4.69, 9.17) is 4.98 Å². The largest absolute Gasteiger partial charge is 0.347 e. The fraction of sp³-hybridized carbons (Fsp3) is 0.684. The second-order valence-corrected chi connectivity index (χ2v) is 8.06. The number of anilines is 1. The number of aromatic nitrogens is 2. The van der Waals surface area contributed by atoms with E-state index < -0.39 is 0 Å². The zero-order valence-electron chi connectivity index (χ0n) is 15.7. The van der Waals surface area contributed by atoms with Crippen LogP contribution in [0, 0.1) is 0 Å². The molecular weight excluding hydrogens is 330 g/mol. The third-order valence-corrected chi connectivity index (χ3v) is 6.05. The van der Waals surface area contributed by atoms with Crippen molar-refractivity contribution in [1.29, 1.82) is 0 Å². The Bertz CT molecular complexity index is 731. The molecule has 0 bridgehead atoms. The summed E-state index contributed by atoms with van der Waals surface area (Å²) < 4.78 is 0. The van der Waals surface area contributed by atoms with Crippen molar-refractivity contribution in [1.82, 2.24) is 19.8 Å². The van der Waals surface area contributed by atoms with Gasteiger partial charge in [-0.05, 0) is 37.7 Å². The second kappa shape index (κ2) is 6.52. The summed E-state index contributed by atoms with van der Waals surface area (Å²) in [6, 6.07) is 0. The maximum atomic E-state index is 12.8. The minimum absolute atomic E-state index is 0.0496. The van der Waals surface area contributed by atoms with Crippen LogP contribution in [-0.2, 0) is 21.4 Å². The molecule has 2 aliphatic heterocycles. The van der Waals surface area contributed by atoms with Crippen molar-refractivity contribution < 1.29 is 9.59 Å². The molecule has 3 heterocycles. The van der Waals surface area contributed by atoms with Crippen molar-refractivity contribution in [2.45, 2.75) is 43.9 Å². The fourth-order valence-electron chi connectivity index (χ4n) is 4.62. The van der Waals surface area contributed by atoms with Crippen LogP contribution >= 0.6 is 0 Å². The van der Waals surface area contributed by atoms with E-state index in [1.165, 1.54) is 5.56 Å². The summed E-state index contributed by atoms with van der Waals surface area (Å²) >= 11 is 0. The first-order valence-electron chi connectivity index (χ1n) is 9.58. The van der Waals surface area contributed by atoms with Crippen molar-refractivity contribution >= 4 is 17.8 Å². The molecule has 1 aromatic rings. The van der Waals surface area contributed by atoms with Crippen molar-refractivity contribution in [3.8, 4) is 0 Å². The van der Waals surface area contributed by atoms with Crippen LogP contribution in [0.4, 0.5) is 5.95 Å². The van der Waals surface area contributed by atoms with Gasteiger partial charge in [-0.25, -0.2) is 9.97 Å². The van der Waals surface area contributed by atoms with E-state index in [-0.39, 0.29) is 23.8 Å². The molecule has 1 atom stereocenters. The molecule has 2 fully saturated rings. The summed E-state index contributed by atoms with van der Waals surface area (Å²) in [5.41, 5.74) is 2.30. The van der Waals surface area contributed by atoms with Crippen LogP contribution in [0.25, 0.3) is 0 Å². The zero-order chi connectivity index (χ0) is 18.3. The Hall–Kier alpha value is -2.18. The lowest BCUT2D eigenvalue weighted by Crippen LogP contribution is -2.50. The number of fused-ring (bicyclic) bond motifs is 2. The van der Waals surface area contributed by atoms with Gasteiger partial charge in [0.25, 0.3) is 0 Å². The van der Waals surface area contributed by atoms with Crippen molar-refractivity contribution in [2.75, 3.05) is 45.2 Å². The molecule has 0 radical (unpaired) electrons. The summed E-state index contributed by atoms with van der Waals surface area (Å²) in [5.74, 6) is 0.922. The van der Waals surface area contributed by atoms with Crippen LogP contribution in [0.5, 0.6) is 0 Å². The highest BCUT2D eigenvalue weighted by Crippen LogP contribution is 2.44.